The minimum atomic E-state index is -5.31. The summed E-state index contributed by atoms with van der Waals surface area (Å²) in [6.07, 6.45) is 0. The summed E-state index contributed by atoms with van der Waals surface area (Å²) in [5, 5.41) is 0.757. The fourth-order valence-corrected chi connectivity index (χ4v) is 5.33. The number of nitrogen functional groups attached to an aromatic ring is 1. The Labute approximate surface area is 293 Å². The average Bonchev–Trinajstić information content (AvgIpc) is 2.75. The van der Waals surface area contributed by atoms with Crippen LogP contribution in [0, 0.1) is 0 Å². The molecule has 0 atom stereocenters. The Morgan fingerprint density at radius 3 is 1.82 bits per heavy atom. The predicted octanol–water partition coefficient (Wildman–Crippen LogP) is -7.45. The predicted molar refractivity (Wildman–Crippen MR) is 127 cm³/mol. The van der Waals surface area contributed by atoms with Crippen LogP contribution in [0.1, 0.15) is 25.0 Å². The van der Waals surface area contributed by atoms with Gasteiger partial charge in [0.1, 0.15) is 9.79 Å². The Balaban J connectivity index is -0.00000120. The maximum atomic E-state index is 12.9. The second-order valence-electron chi connectivity index (χ2n) is 7.17. The van der Waals surface area contributed by atoms with Crippen LogP contribution in [0.5, 0.6) is 0 Å². The molecule has 0 aliphatic rings. The number of hydrogen-bond acceptors (Lipinski definition) is 10. The second kappa shape index (κ2) is 14.0. The van der Waals surface area contributed by atoms with Gasteiger partial charge in [-0.25, -0.2) is 4.79 Å². The molecule has 39 heavy (non-hydrogen) atoms. The van der Waals surface area contributed by atoms with Gasteiger partial charge in [-0.2, -0.15) is 25.3 Å². The molecule has 0 spiro atoms. The first kappa shape index (κ1) is 38.4. The zero-order chi connectivity index (χ0) is 27.2. The van der Waals surface area contributed by atoms with Gasteiger partial charge in [-0.1, -0.05) is 0 Å². The number of benzene rings is 3. The number of fused-ring (bicyclic) bond motifs is 1. The first-order valence-corrected chi connectivity index (χ1v) is 13.6. The van der Waals surface area contributed by atoms with Gasteiger partial charge in [0.05, 0.1) is 23.3 Å². The molecular formula is C19H19N2Na3O12S3. The standard InChI is InChI=1S/C19H16N2O12S3.3Na.3H/c1-33-19(23)10-4-9(5-11(20)6-10)18(22)21-14-2-3-15(35(27,28)29)13-7-12(34(24,25)26)8-16(17(13)14)36(30,31)32;;;;;;/h2-8H,20H2,1H3,(H,21,22)(H,24,25,26)(H,27,28,29)(H,30,31,32);;;;;;/q;3*+1;3*-1. The number of hydrogen-bond donors (Lipinski definition) is 5. The van der Waals surface area contributed by atoms with Crippen molar-refractivity contribution >= 4 is 64.4 Å². The summed E-state index contributed by atoms with van der Waals surface area (Å²) >= 11 is 0. The summed E-state index contributed by atoms with van der Waals surface area (Å²) in [5.41, 5.74) is 4.90. The molecule has 0 aromatic heterocycles. The zero-order valence-corrected chi connectivity index (χ0v) is 29.3. The van der Waals surface area contributed by atoms with Crippen molar-refractivity contribution in [1.82, 2.24) is 0 Å². The zero-order valence-electron chi connectivity index (χ0n) is 23.9. The van der Waals surface area contributed by atoms with E-state index in [9.17, 15) is 48.5 Å². The van der Waals surface area contributed by atoms with Crippen LogP contribution < -0.4 is 99.7 Å². The molecule has 14 nitrogen and oxygen atoms in total. The number of amides is 1. The van der Waals surface area contributed by atoms with E-state index in [2.05, 4.69) is 10.1 Å². The van der Waals surface area contributed by atoms with Gasteiger partial charge in [0, 0.05) is 22.0 Å². The van der Waals surface area contributed by atoms with Gasteiger partial charge >= 0.3 is 94.6 Å². The largest absolute Gasteiger partial charge is 1.00 e. The second-order valence-corrected chi connectivity index (χ2v) is 11.4. The molecule has 198 valence electrons. The molecule has 0 saturated carbocycles. The Hall–Kier alpha value is -0.610. The molecule has 0 aliphatic carbocycles. The first-order valence-electron chi connectivity index (χ1n) is 9.27. The van der Waals surface area contributed by atoms with Crippen molar-refractivity contribution in [3.05, 3.63) is 53.6 Å². The van der Waals surface area contributed by atoms with Crippen molar-refractivity contribution < 1.29 is 146 Å². The number of carbonyl (C=O) groups excluding carboxylic acids is 2. The minimum Gasteiger partial charge on any atom is -1.00 e. The van der Waals surface area contributed by atoms with E-state index in [1.54, 1.807) is 0 Å². The molecule has 20 heteroatoms. The van der Waals surface area contributed by atoms with Gasteiger partial charge < -0.3 is 20.1 Å². The third kappa shape index (κ3) is 8.94. The number of ether oxygens (including phenoxy) is 1. The van der Waals surface area contributed by atoms with Crippen molar-refractivity contribution in [2.75, 3.05) is 18.2 Å². The minimum absolute atomic E-state index is 0. The van der Waals surface area contributed by atoms with Gasteiger partial charge in [0.2, 0.25) is 0 Å². The molecule has 0 bridgehead atoms. The van der Waals surface area contributed by atoms with Crippen molar-refractivity contribution in [2.24, 2.45) is 0 Å². The van der Waals surface area contributed by atoms with E-state index in [1.165, 1.54) is 6.07 Å². The van der Waals surface area contributed by atoms with Crippen LogP contribution in [0.25, 0.3) is 10.8 Å². The molecule has 0 aliphatic heterocycles. The Bertz CT molecular complexity index is 1790. The molecular weight excluding hydrogens is 613 g/mol. The molecule has 3 aromatic rings. The van der Waals surface area contributed by atoms with Gasteiger partial charge in [0.15, 0.2) is 0 Å². The van der Waals surface area contributed by atoms with Crippen molar-refractivity contribution in [3.63, 3.8) is 0 Å². The van der Waals surface area contributed by atoms with E-state index in [0.717, 1.165) is 25.3 Å². The van der Waals surface area contributed by atoms with Gasteiger partial charge in [-0.3, -0.25) is 18.5 Å². The molecule has 0 unspecified atom stereocenters. The smallest absolute Gasteiger partial charge is 1.00 e. The van der Waals surface area contributed by atoms with Crippen LogP contribution in [0.4, 0.5) is 11.4 Å². The topological polar surface area (TPSA) is 245 Å². The molecule has 0 fully saturated rings. The quantitative estimate of drug-likeness (QED) is 0.0735. The van der Waals surface area contributed by atoms with Gasteiger partial charge in [-0.05, 0) is 42.5 Å². The third-order valence-electron chi connectivity index (χ3n) is 4.75. The number of nitrogens with one attached hydrogen (secondary N) is 1. The van der Waals surface area contributed by atoms with Crippen LogP contribution in [0.15, 0.2) is 57.2 Å². The molecule has 0 heterocycles. The van der Waals surface area contributed by atoms with Crippen LogP contribution in [0.3, 0.4) is 0 Å². The number of carbonyl (C=O) groups is 2. The van der Waals surface area contributed by atoms with E-state index in [1.807, 2.05) is 0 Å². The molecule has 0 radical (unpaired) electrons. The monoisotopic (exact) mass is 632 g/mol. The number of anilines is 2. The van der Waals surface area contributed by atoms with Crippen molar-refractivity contribution in [3.8, 4) is 0 Å². The van der Waals surface area contributed by atoms with Gasteiger partial charge in [0.25, 0.3) is 36.3 Å². The van der Waals surface area contributed by atoms with E-state index < -0.39 is 73.4 Å². The SMILES string of the molecule is COC(=O)c1cc(N)cc(C(=O)Nc2ccc(S(=O)(=O)O)c3cc(S(=O)(=O)O)cc(S(=O)(=O)O)c23)c1.[H-].[H-].[H-].[Na+].[Na+].[Na+]. The first-order chi connectivity index (χ1) is 16.4. The average molecular weight is 633 g/mol. The Kier molecular flexibility index (Phi) is 13.8. The van der Waals surface area contributed by atoms with Gasteiger partial charge in [-0.15, -0.1) is 0 Å². The fraction of sp³-hybridized carbons (Fsp3) is 0.0526. The Morgan fingerprint density at radius 2 is 1.33 bits per heavy atom. The molecule has 6 N–H and O–H groups in total. The van der Waals surface area contributed by atoms with Crippen LogP contribution >= 0.6 is 0 Å². The van der Waals surface area contributed by atoms with E-state index >= 15 is 0 Å². The Morgan fingerprint density at radius 1 is 0.795 bits per heavy atom. The molecule has 3 aromatic carbocycles. The van der Waals surface area contributed by atoms with E-state index in [0.29, 0.717) is 18.2 Å². The van der Waals surface area contributed by atoms with E-state index in [4.69, 9.17) is 5.73 Å². The summed E-state index contributed by atoms with van der Waals surface area (Å²) < 4.78 is 104. The maximum Gasteiger partial charge on any atom is 1.00 e. The maximum absolute atomic E-state index is 12.9. The van der Waals surface area contributed by atoms with Crippen LogP contribution in [0.2, 0.25) is 0 Å². The van der Waals surface area contributed by atoms with Crippen molar-refractivity contribution in [2.45, 2.75) is 14.7 Å². The van der Waals surface area contributed by atoms with Crippen LogP contribution in [-0.2, 0) is 35.1 Å². The molecule has 1 amide bonds. The summed E-state index contributed by atoms with van der Waals surface area (Å²) in [5.74, 6) is -1.82. The summed E-state index contributed by atoms with van der Waals surface area (Å²) in [6.45, 7) is 0. The summed E-state index contributed by atoms with van der Waals surface area (Å²) in [6, 6.07) is 5.88. The summed E-state index contributed by atoms with van der Waals surface area (Å²) in [4.78, 5) is 21.4. The summed E-state index contributed by atoms with van der Waals surface area (Å²) in [7, 11) is -14.5. The third-order valence-corrected chi connectivity index (χ3v) is 7.37. The molecule has 0 saturated heterocycles. The number of nitrogens with two attached hydrogens (primary N) is 1. The fourth-order valence-electron chi connectivity index (χ4n) is 3.29. The number of rotatable bonds is 6. The molecule has 3 rings (SSSR count). The number of methoxy groups -OCH3 is 1. The normalized spacial score (nSPS) is 11.4. The van der Waals surface area contributed by atoms with E-state index in [-0.39, 0.29) is 110 Å². The van der Waals surface area contributed by atoms with Crippen molar-refractivity contribution in [1.29, 1.82) is 0 Å². The van der Waals surface area contributed by atoms with Crippen LogP contribution in [-0.4, -0.2) is 57.9 Å². The number of esters is 1.